The van der Waals surface area contributed by atoms with Crippen LogP contribution in [0.1, 0.15) is 51.4 Å². The monoisotopic (exact) mass is 240 g/mol. The van der Waals surface area contributed by atoms with Crippen molar-refractivity contribution in [3.05, 3.63) is 0 Å². The van der Waals surface area contributed by atoms with E-state index in [1.54, 1.807) is 0 Å². The van der Waals surface area contributed by atoms with Crippen molar-refractivity contribution in [2.24, 2.45) is 5.16 Å². The number of carbonyl (C=O) groups excluding carboxylic acids is 1. The van der Waals surface area contributed by atoms with E-state index in [1.165, 1.54) is 51.7 Å². The molecule has 1 heterocycles. The summed E-state index contributed by atoms with van der Waals surface area (Å²) >= 11 is 0. The van der Waals surface area contributed by atoms with Crippen molar-refractivity contribution < 1.29 is 10.0 Å². The lowest BCUT2D eigenvalue weighted by Crippen LogP contribution is -2.25. The Morgan fingerprint density at radius 3 is 2.47 bits per heavy atom. The molecule has 0 spiro atoms. The van der Waals surface area contributed by atoms with Crippen molar-refractivity contribution in [3.63, 3.8) is 0 Å². The van der Waals surface area contributed by atoms with Crippen molar-refractivity contribution in [1.29, 1.82) is 0 Å². The third-order valence-electron chi connectivity index (χ3n) is 3.30. The van der Waals surface area contributed by atoms with Crippen LogP contribution in [0, 0.1) is 0 Å². The summed E-state index contributed by atoms with van der Waals surface area (Å²) in [5.74, 6) is -0.0812. The molecule has 0 aromatic rings. The zero-order chi connectivity index (χ0) is 12.3. The van der Waals surface area contributed by atoms with Crippen LogP contribution in [0.25, 0.3) is 0 Å². The molecule has 17 heavy (non-hydrogen) atoms. The molecule has 4 nitrogen and oxygen atoms in total. The number of ketones is 1. The van der Waals surface area contributed by atoms with Crippen LogP contribution in [-0.2, 0) is 4.79 Å². The Labute approximate surface area is 104 Å². The van der Waals surface area contributed by atoms with Gasteiger partial charge >= 0.3 is 0 Å². The highest BCUT2D eigenvalue weighted by Crippen LogP contribution is 2.11. The molecule has 0 atom stereocenters. The Balaban J connectivity index is 1.97. The molecule has 1 aliphatic heterocycles. The van der Waals surface area contributed by atoms with Crippen LogP contribution in [0.5, 0.6) is 0 Å². The maximum Gasteiger partial charge on any atom is 0.177 e. The highest BCUT2D eigenvalue weighted by atomic mass is 16.4. The van der Waals surface area contributed by atoms with Gasteiger partial charge in [-0.25, -0.2) is 0 Å². The molecule has 1 saturated heterocycles. The molecule has 0 aromatic carbocycles. The minimum Gasteiger partial charge on any atom is -0.411 e. The molecule has 0 radical (unpaired) electrons. The fourth-order valence-electron chi connectivity index (χ4n) is 2.30. The number of unbranched alkanes of at least 4 members (excludes halogenated alkanes) is 2. The van der Waals surface area contributed by atoms with Gasteiger partial charge in [0, 0.05) is 6.42 Å². The van der Waals surface area contributed by atoms with Crippen LogP contribution in [0.4, 0.5) is 0 Å². The highest BCUT2D eigenvalue weighted by Gasteiger charge is 2.08. The molecule has 1 rings (SSSR count). The average molecular weight is 240 g/mol. The lowest BCUT2D eigenvalue weighted by atomic mass is 10.1. The second kappa shape index (κ2) is 9.16. The lowest BCUT2D eigenvalue weighted by Gasteiger charge is -2.19. The second-order valence-electron chi connectivity index (χ2n) is 4.78. The summed E-state index contributed by atoms with van der Waals surface area (Å²) in [5.41, 5.74) is 0. The normalized spacial score (nSPS) is 18.4. The Bertz CT molecular complexity index is 234. The molecule has 0 amide bonds. The Kier molecular flexibility index (Phi) is 7.63. The van der Waals surface area contributed by atoms with Crippen LogP contribution in [0.2, 0.25) is 0 Å². The molecular formula is C13H24N2O2. The number of likely N-dealkylation sites (tertiary alicyclic amines) is 1. The second-order valence-corrected chi connectivity index (χ2v) is 4.78. The zero-order valence-corrected chi connectivity index (χ0v) is 10.6. The van der Waals surface area contributed by atoms with Crippen LogP contribution < -0.4 is 0 Å². The van der Waals surface area contributed by atoms with E-state index in [4.69, 9.17) is 5.21 Å². The van der Waals surface area contributed by atoms with Gasteiger partial charge in [0.1, 0.15) is 6.21 Å². The van der Waals surface area contributed by atoms with Crippen molar-refractivity contribution >= 4 is 12.0 Å². The molecule has 98 valence electrons. The summed E-state index contributed by atoms with van der Waals surface area (Å²) in [4.78, 5) is 13.6. The minimum atomic E-state index is -0.0812. The lowest BCUT2D eigenvalue weighted by molar-refractivity contribution is -0.112. The summed E-state index contributed by atoms with van der Waals surface area (Å²) in [6.07, 6.45) is 10.1. The standard InChI is InChI=1S/C13H24N2O2/c16-13(12-14-17)8-4-3-7-11-15-9-5-1-2-6-10-15/h12,17H,1-11H2. The fraction of sp³-hybridized carbons (Fsp3) is 0.846. The summed E-state index contributed by atoms with van der Waals surface area (Å²) in [6, 6.07) is 0. The Morgan fingerprint density at radius 2 is 1.82 bits per heavy atom. The van der Waals surface area contributed by atoms with Gasteiger partial charge in [0.25, 0.3) is 0 Å². The van der Waals surface area contributed by atoms with Gasteiger partial charge in [0.2, 0.25) is 0 Å². The Morgan fingerprint density at radius 1 is 1.12 bits per heavy atom. The molecule has 0 unspecified atom stereocenters. The largest absolute Gasteiger partial charge is 0.411 e. The number of nitrogens with zero attached hydrogens (tertiary/aromatic N) is 2. The van der Waals surface area contributed by atoms with Gasteiger partial charge in [0.15, 0.2) is 5.78 Å². The fourth-order valence-corrected chi connectivity index (χ4v) is 2.30. The van der Waals surface area contributed by atoms with E-state index < -0.39 is 0 Å². The topological polar surface area (TPSA) is 52.9 Å². The number of oxime groups is 1. The molecule has 0 aliphatic carbocycles. The molecule has 1 fully saturated rings. The maximum atomic E-state index is 11.0. The SMILES string of the molecule is O=C(C=NO)CCCCCN1CCCCCC1. The highest BCUT2D eigenvalue weighted by molar-refractivity contribution is 6.27. The van der Waals surface area contributed by atoms with Crippen LogP contribution in [-0.4, -0.2) is 41.7 Å². The molecule has 0 saturated carbocycles. The molecule has 4 heteroatoms. The molecule has 0 bridgehead atoms. The molecule has 1 aliphatic rings. The first-order chi connectivity index (χ1) is 8.33. The van der Waals surface area contributed by atoms with Gasteiger partial charge in [0.05, 0.1) is 0 Å². The number of Topliss-reactive ketones (excluding diaryl/α,β-unsaturated/α-hetero) is 1. The van der Waals surface area contributed by atoms with Crippen LogP contribution in [0.15, 0.2) is 5.16 Å². The zero-order valence-electron chi connectivity index (χ0n) is 10.6. The van der Waals surface area contributed by atoms with E-state index in [-0.39, 0.29) is 5.78 Å². The average Bonchev–Trinajstić information content (AvgIpc) is 2.57. The van der Waals surface area contributed by atoms with Crippen molar-refractivity contribution in [1.82, 2.24) is 4.90 Å². The van der Waals surface area contributed by atoms with Gasteiger partial charge < -0.3 is 10.1 Å². The number of hydrogen-bond donors (Lipinski definition) is 1. The van der Waals surface area contributed by atoms with E-state index in [9.17, 15) is 4.79 Å². The van der Waals surface area contributed by atoms with Gasteiger partial charge in [-0.05, 0) is 45.3 Å². The third kappa shape index (κ3) is 7.10. The predicted octanol–water partition coefficient (Wildman–Crippen LogP) is 2.45. The van der Waals surface area contributed by atoms with E-state index in [0.717, 1.165) is 19.1 Å². The summed E-state index contributed by atoms with van der Waals surface area (Å²) in [7, 11) is 0. The first kappa shape index (κ1) is 14.2. The predicted molar refractivity (Wildman–Crippen MR) is 68.7 cm³/mol. The summed E-state index contributed by atoms with van der Waals surface area (Å²) in [6.45, 7) is 3.66. The first-order valence-electron chi connectivity index (χ1n) is 6.75. The number of rotatable bonds is 7. The van der Waals surface area contributed by atoms with Crippen LogP contribution in [0.3, 0.4) is 0 Å². The van der Waals surface area contributed by atoms with Gasteiger partial charge in [-0.15, -0.1) is 0 Å². The van der Waals surface area contributed by atoms with Crippen LogP contribution >= 0.6 is 0 Å². The molecular weight excluding hydrogens is 216 g/mol. The number of hydrogen-bond acceptors (Lipinski definition) is 4. The van der Waals surface area contributed by atoms with Gasteiger partial charge in [-0.2, -0.15) is 0 Å². The summed E-state index contributed by atoms with van der Waals surface area (Å²) < 4.78 is 0. The van der Waals surface area contributed by atoms with Gasteiger partial charge in [-0.1, -0.05) is 24.4 Å². The maximum absolute atomic E-state index is 11.0. The van der Waals surface area contributed by atoms with Crippen molar-refractivity contribution in [2.45, 2.75) is 51.4 Å². The smallest absolute Gasteiger partial charge is 0.177 e. The minimum absolute atomic E-state index is 0.0812. The van der Waals surface area contributed by atoms with Crippen molar-refractivity contribution in [3.8, 4) is 0 Å². The van der Waals surface area contributed by atoms with Crippen molar-refractivity contribution in [2.75, 3.05) is 19.6 Å². The van der Waals surface area contributed by atoms with Gasteiger partial charge in [-0.3, -0.25) is 4.79 Å². The summed E-state index contributed by atoms with van der Waals surface area (Å²) in [5, 5.41) is 10.9. The van der Waals surface area contributed by atoms with E-state index >= 15 is 0 Å². The van der Waals surface area contributed by atoms with E-state index in [0.29, 0.717) is 6.42 Å². The first-order valence-corrected chi connectivity index (χ1v) is 6.75. The Hall–Kier alpha value is -0.900. The third-order valence-corrected chi connectivity index (χ3v) is 3.30. The molecule has 1 N–H and O–H groups in total. The molecule has 0 aromatic heterocycles. The van der Waals surface area contributed by atoms with E-state index in [2.05, 4.69) is 10.1 Å². The number of carbonyl (C=O) groups is 1. The van der Waals surface area contributed by atoms with E-state index in [1.807, 2.05) is 0 Å². The quantitative estimate of drug-likeness (QED) is 0.322.